The zero-order valence-electron chi connectivity index (χ0n) is 22.1. The molecule has 5 aromatic rings. The lowest BCUT2D eigenvalue weighted by atomic mass is 9.93. The molecule has 8 rings (SSSR count). The Kier molecular flexibility index (Phi) is 5.30. The zero-order valence-corrected chi connectivity index (χ0v) is 22.1. The number of carbonyl (C=O) groups excluding carboxylic acids is 1. The molecule has 0 spiro atoms. The van der Waals surface area contributed by atoms with Crippen LogP contribution in [0.5, 0.6) is 0 Å². The van der Waals surface area contributed by atoms with Crippen molar-refractivity contribution in [2.45, 2.75) is 50.3 Å². The largest absolute Gasteiger partial charge is 0.461 e. The molecule has 4 bridgehead atoms. The molecule has 10 nitrogen and oxygen atoms in total. The molecule has 1 fully saturated rings. The summed E-state index contributed by atoms with van der Waals surface area (Å²) in [5.74, 6) is -2.02. The highest BCUT2D eigenvalue weighted by Gasteiger charge is 2.38. The summed E-state index contributed by atoms with van der Waals surface area (Å²) >= 11 is 0. The SMILES string of the molecule is C[C@@H]1CC(=O)O[C@@H]2C[C@H](C[C@@H]2N)n2c(=O)n(C)c3cnc4[nH]c(-c5cn(C)nc5F)c(c4c32)-c2ccc1cc2F. The first-order valence-corrected chi connectivity index (χ1v) is 13.2. The van der Waals surface area contributed by atoms with Crippen molar-refractivity contribution in [3.05, 3.63) is 58.4 Å². The van der Waals surface area contributed by atoms with E-state index in [-0.39, 0.29) is 35.2 Å². The number of aryl methyl sites for hydroxylation is 2. The van der Waals surface area contributed by atoms with Gasteiger partial charge in [0.25, 0.3) is 0 Å². The van der Waals surface area contributed by atoms with Crippen LogP contribution in [-0.2, 0) is 23.6 Å². The van der Waals surface area contributed by atoms with E-state index >= 15 is 8.78 Å². The number of H-pyrrole nitrogens is 1. The summed E-state index contributed by atoms with van der Waals surface area (Å²) < 4.78 is 41.4. The number of aromatic amines is 1. The molecular formula is C28H27F2N7O3. The van der Waals surface area contributed by atoms with E-state index in [1.54, 1.807) is 37.0 Å². The van der Waals surface area contributed by atoms with E-state index in [9.17, 15) is 9.59 Å². The van der Waals surface area contributed by atoms with Crippen LogP contribution in [0.1, 0.15) is 43.7 Å². The minimum atomic E-state index is -0.728. The van der Waals surface area contributed by atoms with Crippen molar-refractivity contribution in [2.24, 2.45) is 19.8 Å². The van der Waals surface area contributed by atoms with Crippen LogP contribution in [0.2, 0.25) is 0 Å². The maximum absolute atomic E-state index is 16.0. The highest BCUT2D eigenvalue weighted by Crippen LogP contribution is 2.44. The Balaban J connectivity index is 1.64. The predicted octanol–water partition coefficient (Wildman–Crippen LogP) is 3.64. The van der Waals surface area contributed by atoms with E-state index < -0.39 is 29.9 Å². The third kappa shape index (κ3) is 3.48. The maximum atomic E-state index is 16.0. The predicted molar refractivity (Wildman–Crippen MR) is 144 cm³/mol. The lowest BCUT2D eigenvalue weighted by Crippen LogP contribution is -2.33. The summed E-state index contributed by atoms with van der Waals surface area (Å²) in [4.78, 5) is 34.3. The first kappa shape index (κ1) is 24.7. The van der Waals surface area contributed by atoms with Gasteiger partial charge in [0.05, 0.1) is 40.3 Å². The number of nitrogens with two attached hydrogens (primary N) is 1. The molecule has 1 aromatic carbocycles. The number of hydrogen-bond acceptors (Lipinski definition) is 6. The van der Waals surface area contributed by atoms with Gasteiger partial charge in [0.15, 0.2) is 0 Å². The van der Waals surface area contributed by atoms with Crippen molar-refractivity contribution in [3.8, 4) is 22.4 Å². The van der Waals surface area contributed by atoms with Gasteiger partial charge in [-0.3, -0.25) is 18.6 Å². The molecule has 1 saturated carbocycles. The second-order valence-corrected chi connectivity index (χ2v) is 11.0. The van der Waals surface area contributed by atoms with Gasteiger partial charge in [-0.15, -0.1) is 5.10 Å². The molecule has 3 aliphatic rings. The average Bonchev–Trinajstić information content (AvgIpc) is 3.62. The Hall–Kier alpha value is -4.32. The van der Waals surface area contributed by atoms with Crippen LogP contribution < -0.4 is 11.4 Å². The molecule has 206 valence electrons. The van der Waals surface area contributed by atoms with Gasteiger partial charge in [-0.05, 0) is 24.0 Å². The highest BCUT2D eigenvalue weighted by molar-refractivity contribution is 6.14. The van der Waals surface area contributed by atoms with Crippen LogP contribution in [0.4, 0.5) is 8.78 Å². The van der Waals surface area contributed by atoms with Gasteiger partial charge in [0.2, 0.25) is 5.95 Å². The van der Waals surface area contributed by atoms with Gasteiger partial charge in [-0.1, -0.05) is 19.1 Å². The molecule has 2 aliphatic heterocycles. The van der Waals surface area contributed by atoms with Gasteiger partial charge >= 0.3 is 11.7 Å². The van der Waals surface area contributed by atoms with Crippen molar-refractivity contribution < 1.29 is 18.3 Å². The molecule has 4 atom stereocenters. The summed E-state index contributed by atoms with van der Waals surface area (Å²) in [6, 6.07) is 3.92. The summed E-state index contributed by atoms with van der Waals surface area (Å²) in [6.07, 6.45) is 3.32. The minimum absolute atomic E-state index is 0.0485. The van der Waals surface area contributed by atoms with Crippen LogP contribution in [0.3, 0.4) is 0 Å². The van der Waals surface area contributed by atoms with Crippen LogP contribution in [0.25, 0.3) is 44.5 Å². The van der Waals surface area contributed by atoms with Gasteiger partial charge in [-0.2, -0.15) is 4.39 Å². The molecule has 0 unspecified atom stereocenters. The molecule has 0 saturated heterocycles. The first-order valence-electron chi connectivity index (χ1n) is 13.2. The Bertz CT molecular complexity index is 1920. The van der Waals surface area contributed by atoms with Crippen LogP contribution in [0, 0.1) is 11.8 Å². The van der Waals surface area contributed by atoms with Gasteiger partial charge in [0, 0.05) is 49.9 Å². The van der Waals surface area contributed by atoms with Crippen molar-refractivity contribution in [1.82, 2.24) is 28.9 Å². The van der Waals surface area contributed by atoms with Gasteiger partial charge in [0.1, 0.15) is 17.6 Å². The molecular weight excluding hydrogens is 520 g/mol. The maximum Gasteiger partial charge on any atom is 0.329 e. The summed E-state index contributed by atoms with van der Waals surface area (Å²) in [5.41, 5.74) is 9.18. The fourth-order valence-electron chi connectivity index (χ4n) is 6.39. The van der Waals surface area contributed by atoms with Crippen molar-refractivity contribution in [1.29, 1.82) is 0 Å². The fraction of sp³-hybridized carbons (Fsp3) is 0.357. The topological polar surface area (TPSA) is 126 Å². The third-order valence-electron chi connectivity index (χ3n) is 8.40. The molecule has 0 amide bonds. The lowest BCUT2D eigenvalue weighted by Gasteiger charge is -2.18. The smallest absolute Gasteiger partial charge is 0.329 e. The number of halogens is 2. The highest BCUT2D eigenvalue weighted by atomic mass is 19.1. The van der Waals surface area contributed by atoms with E-state index in [0.717, 1.165) is 0 Å². The molecule has 40 heavy (non-hydrogen) atoms. The second kappa shape index (κ2) is 8.59. The average molecular weight is 548 g/mol. The van der Waals surface area contributed by atoms with Crippen molar-refractivity contribution in [3.63, 3.8) is 0 Å². The number of hydrogen-bond donors (Lipinski definition) is 2. The van der Waals surface area contributed by atoms with Gasteiger partial charge in [-0.25, -0.2) is 14.2 Å². The van der Waals surface area contributed by atoms with E-state index in [2.05, 4.69) is 15.1 Å². The van der Waals surface area contributed by atoms with Crippen molar-refractivity contribution >= 4 is 28.0 Å². The number of ether oxygens (including phenoxy) is 1. The lowest BCUT2D eigenvalue weighted by molar-refractivity contribution is -0.149. The Morgan fingerprint density at radius 2 is 1.95 bits per heavy atom. The number of nitrogens with zero attached hydrogens (tertiary/aromatic N) is 5. The number of carbonyl (C=O) groups is 1. The summed E-state index contributed by atoms with van der Waals surface area (Å²) in [5, 5.41) is 4.34. The quantitative estimate of drug-likeness (QED) is 0.309. The monoisotopic (exact) mass is 547 g/mol. The first-order chi connectivity index (χ1) is 19.1. The Morgan fingerprint density at radius 3 is 2.67 bits per heavy atom. The van der Waals surface area contributed by atoms with Gasteiger partial charge < -0.3 is 15.5 Å². The fourth-order valence-corrected chi connectivity index (χ4v) is 6.39. The molecule has 6 heterocycles. The van der Waals surface area contributed by atoms with Crippen LogP contribution >= 0.6 is 0 Å². The Labute approximate surface area is 226 Å². The number of aromatic nitrogens is 6. The number of nitrogens with one attached hydrogen (secondary N) is 1. The molecule has 0 radical (unpaired) electrons. The van der Waals surface area contributed by atoms with E-state index in [1.807, 2.05) is 6.92 Å². The summed E-state index contributed by atoms with van der Waals surface area (Å²) in [7, 11) is 3.24. The third-order valence-corrected chi connectivity index (χ3v) is 8.40. The van der Waals surface area contributed by atoms with Crippen LogP contribution in [0.15, 0.2) is 35.4 Å². The van der Waals surface area contributed by atoms with E-state index in [0.29, 0.717) is 51.7 Å². The zero-order chi connectivity index (χ0) is 28.0. The van der Waals surface area contributed by atoms with E-state index in [1.165, 1.54) is 21.5 Å². The van der Waals surface area contributed by atoms with Crippen LogP contribution in [-0.4, -0.2) is 47.0 Å². The molecule has 3 N–H and O–H groups in total. The number of benzene rings is 1. The second-order valence-electron chi connectivity index (χ2n) is 11.0. The number of rotatable bonds is 1. The normalized spacial score (nSPS) is 22.8. The summed E-state index contributed by atoms with van der Waals surface area (Å²) in [6.45, 7) is 1.83. The number of fused-ring (bicyclic) bond motifs is 5. The number of pyridine rings is 1. The van der Waals surface area contributed by atoms with Crippen molar-refractivity contribution in [2.75, 3.05) is 0 Å². The number of imidazole rings is 1. The minimum Gasteiger partial charge on any atom is -0.461 e. The number of esters is 1. The Morgan fingerprint density at radius 1 is 1.15 bits per heavy atom. The standard InChI is InChI=1S/C28H27F2N7O3/c1-12-6-21(38)40-20-9-14(8-18(20)31)37-25-19(36(3)28(37)39)10-32-27-23(25)22(15-5-4-13(12)7-17(15)29)24(33-27)16-11-35(2)34-26(16)30/h4-5,7,10-12,14,18,20H,6,8-9,31H2,1-3H3,(H,32,33)/t12-,14+,18+,20-/m1/s1. The van der Waals surface area contributed by atoms with E-state index in [4.69, 9.17) is 10.5 Å². The molecule has 4 aromatic heterocycles. The molecule has 12 heteroatoms. The molecule has 1 aliphatic carbocycles.